The molecule has 0 radical (unpaired) electrons. The molecule has 0 spiro atoms. The van der Waals surface area contributed by atoms with Crippen molar-refractivity contribution in [3.8, 4) is 0 Å². The van der Waals surface area contributed by atoms with Crippen LogP contribution < -0.4 is 4.90 Å². The largest absolute Gasteiger partial charge is 0.419 e. The first-order valence-electron chi connectivity index (χ1n) is 6.64. The Morgan fingerprint density at radius 1 is 1.35 bits per heavy atom. The summed E-state index contributed by atoms with van der Waals surface area (Å²) >= 11 is 0. The number of halogens is 4. The molecule has 1 aromatic carbocycles. The molecule has 1 aliphatic rings. The average Bonchev–Trinajstić information content (AvgIpc) is 2.84. The van der Waals surface area contributed by atoms with E-state index in [4.69, 9.17) is 0 Å². The molecule has 1 unspecified atom stereocenters. The Kier molecular flexibility index (Phi) is 4.35. The molecule has 1 atom stereocenters. The second-order valence-corrected chi connectivity index (χ2v) is 5.13. The molecule has 20 heavy (non-hydrogen) atoms. The molecule has 110 valence electrons. The van der Waals surface area contributed by atoms with E-state index >= 15 is 0 Å². The number of nitrogens with zero attached hydrogens (tertiary/aromatic N) is 1. The van der Waals surface area contributed by atoms with Gasteiger partial charge in [-0.1, -0.05) is 6.08 Å². The Morgan fingerprint density at radius 3 is 2.75 bits per heavy atom. The quantitative estimate of drug-likeness (QED) is 0.576. The van der Waals surface area contributed by atoms with Crippen LogP contribution in [0.4, 0.5) is 23.2 Å². The van der Waals surface area contributed by atoms with Gasteiger partial charge in [0.2, 0.25) is 0 Å². The van der Waals surface area contributed by atoms with Crippen molar-refractivity contribution in [1.82, 2.24) is 0 Å². The van der Waals surface area contributed by atoms with Gasteiger partial charge >= 0.3 is 6.18 Å². The van der Waals surface area contributed by atoms with Crippen molar-refractivity contribution in [1.29, 1.82) is 0 Å². The monoisotopic (exact) mass is 287 g/mol. The second kappa shape index (κ2) is 5.85. The summed E-state index contributed by atoms with van der Waals surface area (Å²) in [4.78, 5) is 1.89. The van der Waals surface area contributed by atoms with E-state index in [1.165, 1.54) is 6.07 Å². The smallest absolute Gasteiger partial charge is 0.371 e. The molecule has 1 aromatic rings. The summed E-state index contributed by atoms with van der Waals surface area (Å²) in [6.07, 6.45) is 0.0555. The molecule has 5 heteroatoms. The van der Waals surface area contributed by atoms with Crippen LogP contribution in [-0.4, -0.2) is 13.1 Å². The van der Waals surface area contributed by atoms with Crippen molar-refractivity contribution in [3.05, 3.63) is 42.2 Å². The number of allylic oxidation sites excluding steroid dienone is 1. The average molecular weight is 287 g/mol. The van der Waals surface area contributed by atoms with E-state index in [0.717, 1.165) is 37.9 Å². The van der Waals surface area contributed by atoms with Crippen molar-refractivity contribution >= 4 is 5.69 Å². The number of benzene rings is 1. The zero-order valence-corrected chi connectivity index (χ0v) is 11.1. The van der Waals surface area contributed by atoms with Gasteiger partial charge in [0.25, 0.3) is 0 Å². The van der Waals surface area contributed by atoms with Crippen LogP contribution >= 0.6 is 0 Å². The molecule has 1 aliphatic heterocycles. The highest BCUT2D eigenvalue weighted by Crippen LogP contribution is 2.35. The Morgan fingerprint density at radius 2 is 2.10 bits per heavy atom. The lowest BCUT2D eigenvalue weighted by Gasteiger charge is -2.20. The molecule has 0 aliphatic carbocycles. The predicted octanol–water partition coefficient (Wildman–Crippen LogP) is 4.64. The molecule has 1 nitrogen and oxygen atoms in total. The predicted molar refractivity (Wildman–Crippen MR) is 71.2 cm³/mol. The van der Waals surface area contributed by atoms with E-state index in [0.29, 0.717) is 18.2 Å². The molecular formula is C15H17F4N. The van der Waals surface area contributed by atoms with Crippen LogP contribution in [0, 0.1) is 11.7 Å². The van der Waals surface area contributed by atoms with Gasteiger partial charge in [0.15, 0.2) is 0 Å². The lowest BCUT2D eigenvalue weighted by molar-refractivity contribution is -0.139. The van der Waals surface area contributed by atoms with Gasteiger partial charge in [0.1, 0.15) is 5.82 Å². The number of anilines is 1. The normalized spacial score (nSPS) is 19.4. The van der Waals surface area contributed by atoms with Crippen molar-refractivity contribution in [2.24, 2.45) is 5.92 Å². The van der Waals surface area contributed by atoms with Crippen LogP contribution in [0.25, 0.3) is 0 Å². The minimum atomic E-state index is -4.65. The standard InChI is InChI=1S/C15H17F4N/c1-2-3-4-11-7-8-20(10-11)12-5-6-14(16)13(9-12)15(17,18)19/h2,5-6,9,11H,1,3-4,7-8,10H2. The Bertz CT molecular complexity index is 481. The fourth-order valence-electron chi connectivity index (χ4n) is 2.58. The third-order valence-corrected chi connectivity index (χ3v) is 3.69. The summed E-state index contributed by atoms with van der Waals surface area (Å²) in [5, 5.41) is 0. The van der Waals surface area contributed by atoms with Gasteiger partial charge in [-0.05, 0) is 43.4 Å². The van der Waals surface area contributed by atoms with Crippen molar-refractivity contribution < 1.29 is 17.6 Å². The highest BCUT2D eigenvalue weighted by Gasteiger charge is 2.35. The maximum absolute atomic E-state index is 13.2. The molecule has 1 heterocycles. The zero-order valence-electron chi connectivity index (χ0n) is 11.1. The van der Waals surface area contributed by atoms with Gasteiger partial charge in [-0.3, -0.25) is 0 Å². The summed E-state index contributed by atoms with van der Waals surface area (Å²) in [5.74, 6) is -0.754. The topological polar surface area (TPSA) is 3.24 Å². The Labute approximate surface area is 115 Å². The molecule has 0 saturated carbocycles. The van der Waals surface area contributed by atoms with Crippen LogP contribution in [0.2, 0.25) is 0 Å². The zero-order chi connectivity index (χ0) is 14.8. The molecule has 0 aromatic heterocycles. The number of alkyl halides is 3. The van der Waals surface area contributed by atoms with Gasteiger partial charge in [0, 0.05) is 18.8 Å². The number of hydrogen-bond donors (Lipinski definition) is 0. The van der Waals surface area contributed by atoms with Crippen LogP contribution in [0.3, 0.4) is 0 Å². The Hall–Kier alpha value is -1.52. The van der Waals surface area contributed by atoms with Crippen LogP contribution in [-0.2, 0) is 6.18 Å². The van der Waals surface area contributed by atoms with Gasteiger partial charge in [-0.15, -0.1) is 6.58 Å². The van der Waals surface area contributed by atoms with E-state index in [2.05, 4.69) is 6.58 Å². The maximum atomic E-state index is 13.2. The molecular weight excluding hydrogens is 270 g/mol. The van der Waals surface area contributed by atoms with E-state index in [1.807, 2.05) is 11.0 Å². The Balaban J connectivity index is 2.12. The van der Waals surface area contributed by atoms with Crippen LogP contribution in [0.1, 0.15) is 24.8 Å². The third kappa shape index (κ3) is 3.32. The van der Waals surface area contributed by atoms with Gasteiger partial charge in [-0.2, -0.15) is 13.2 Å². The summed E-state index contributed by atoms with van der Waals surface area (Å²) in [6.45, 7) is 5.10. The number of rotatable bonds is 4. The fraction of sp³-hybridized carbons (Fsp3) is 0.467. The van der Waals surface area contributed by atoms with Gasteiger partial charge < -0.3 is 4.90 Å². The van der Waals surface area contributed by atoms with Crippen molar-refractivity contribution in [2.45, 2.75) is 25.4 Å². The van der Waals surface area contributed by atoms with Gasteiger partial charge in [0.05, 0.1) is 5.56 Å². The van der Waals surface area contributed by atoms with Crippen molar-refractivity contribution in [2.75, 3.05) is 18.0 Å². The van der Waals surface area contributed by atoms with E-state index < -0.39 is 17.6 Å². The van der Waals surface area contributed by atoms with E-state index in [9.17, 15) is 17.6 Å². The number of hydrogen-bond acceptors (Lipinski definition) is 1. The summed E-state index contributed by atoms with van der Waals surface area (Å²) < 4.78 is 51.3. The van der Waals surface area contributed by atoms with Gasteiger partial charge in [-0.25, -0.2) is 4.39 Å². The minimum absolute atomic E-state index is 0.444. The first-order chi connectivity index (χ1) is 9.41. The molecule has 0 N–H and O–H groups in total. The highest BCUT2D eigenvalue weighted by atomic mass is 19.4. The van der Waals surface area contributed by atoms with E-state index in [-0.39, 0.29) is 0 Å². The SMILES string of the molecule is C=CCCC1CCN(c2ccc(F)c(C(F)(F)F)c2)C1. The fourth-order valence-corrected chi connectivity index (χ4v) is 2.58. The lowest BCUT2D eigenvalue weighted by atomic mass is 10.0. The summed E-state index contributed by atoms with van der Waals surface area (Å²) in [6, 6.07) is 3.22. The summed E-state index contributed by atoms with van der Waals surface area (Å²) in [5.41, 5.74) is -0.746. The molecule has 1 fully saturated rings. The molecule has 0 amide bonds. The second-order valence-electron chi connectivity index (χ2n) is 5.13. The van der Waals surface area contributed by atoms with Crippen LogP contribution in [0.5, 0.6) is 0 Å². The van der Waals surface area contributed by atoms with E-state index in [1.54, 1.807) is 0 Å². The molecule has 0 bridgehead atoms. The maximum Gasteiger partial charge on any atom is 0.419 e. The lowest BCUT2D eigenvalue weighted by Crippen LogP contribution is -2.20. The highest BCUT2D eigenvalue weighted by molar-refractivity contribution is 5.50. The first kappa shape index (κ1) is 14.9. The summed E-state index contributed by atoms with van der Waals surface area (Å²) in [7, 11) is 0. The molecule has 1 saturated heterocycles. The molecule has 2 rings (SSSR count). The third-order valence-electron chi connectivity index (χ3n) is 3.69. The first-order valence-corrected chi connectivity index (χ1v) is 6.64. The van der Waals surface area contributed by atoms with Crippen LogP contribution in [0.15, 0.2) is 30.9 Å². The minimum Gasteiger partial charge on any atom is -0.371 e. The van der Waals surface area contributed by atoms with Crippen molar-refractivity contribution in [3.63, 3.8) is 0 Å².